The fraction of sp³-hybridized carbons (Fsp3) is 0.474. The lowest BCUT2D eigenvalue weighted by Crippen LogP contribution is -2.57. The van der Waals surface area contributed by atoms with Crippen LogP contribution in [0.3, 0.4) is 0 Å². The molecule has 29 heavy (non-hydrogen) atoms. The molecule has 1 aliphatic rings. The molecule has 7 nitrogen and oxygen atoms in total. The standard InChI is InChI=1S/C19H21F3N6O/c1-18(2)14(6-15(18)29)27-16-12(7-23)9-26-17(28-16)25-4-3-11-5-13(10-24-8-11)19(20,21)22/h5,8-10,14-15,29H,3-4,6H2,1-2H3,(H2,25,26,27,28)/t14-,15+/m1/s1. The largest absolute Gasteiger partial charge is 0.417 e. The molecule has 0 unspecified atom stereocenters. The Morgan fingerprint density at radius 3 is 2.69 bits per heavy atom. The van der Waals surface area contributed by atoms with Crippen molar-refractivity contribution in [3.8, 4) is 6.07 Å². The van der Waals surface area contributed by atoms with Crippen molar-refractivity contribution >= 4 is 11.8 Å². The van der Waals surface area contributed by atoms with Crippen molar-refractivity contribution in [1.82, 2.24) is 15.0 Å². The molecule has 2 atom stereocenters. The number of nitrogens with one attached hydrogen (secondary N) is 2. The number of hydrogen-bond donors (Lipinski definition) is 3. The first kappa shape index (κ1) is 20.8. The van der Waals surface area contributed by atoms with Crippen LogP contribution < -0.4 is 10.6 Å². The van der Waals surface area contributed by atoms with Crippen molar-refractivity contribution in [3.63, 3.8) is 0 Å². The molecule has 1 aliphatic carbocycles. The van der Waals surface area contributed by atoms with E-state index in [4.69, 9.17) is 0 Å². The Kier molecular flexibility index (Phi) is 5.61. The van der Waals surface area contributed by atoms with Crippen LogP contribution in [-0.2, 0) is 12.6 Å². The maximum Gasteiger partial charge on any atom is 0.417 e. The third-order valence-electron chi connectivity index (χ3n) is 5.26. The van der Waals surface area contributed by atoms with E-state index in [2.05, 4.69) is 25.6 Å². The van der Waals surface area contributed by atoms with E-state index in [-0.39, 0.29) is 23.0 Å². The number of nitrogens with zero attached hydrogens (tertiary/aromatic N) is 4. The zero-order chi connectivity index (χ0) is 21.2. The van der Waals surface area contributed by atoms with E-state index in [0.29, 0.717) is 30.8 Å². The van der Waals surface area contributed by atoms with E-state index < -0.39 is 17.8 Å². The molecule has 154 valence electrons. The first-order valence-electron chi connectivity index (χ1n) is 9.08. The number of rotatable bonds is 6. The number of hydrogen-bond acceptors (Lipinski definition) is 7. The Hall–Kier alpha value is -2.93. The predicted octanol–water partition coefficient (Wildman–Crippen LogP) is 2.99. The van der Waals surface area contributed by atoms with Gasteiger partial charge in [0.1, 0.15) is 17.5 Å². The van der Waals surface area contributed by atoms with Gasteiger partial charge < -0.3 is 15.7 Å². The van der Waals surface area contributed by atoms with E-state index in [1.54, 1.807) is 0 Å². The molecule has 0 aliphatic heterocycles. The van der Waals surface area contributed by atoms with Gasteiger partial charge in [0, 0.05) is 30.4 Å². The number of aromatic nitrogens is 3. The maximum atomic E-state index is 12.8. The first-order valence-corrected chi connectivity index (χ1v) is 9.08. The lowest BCUT2D eigenvalue weighted by atomic mass is 9.64. The van der Waals surface area contributed by atoms with Gasteiger partial charge in [0.05, 0.1) is 17.9 Å². The van der Waals surface area contributed by atoms with E-state index in [0.717, 1.165) is 12.3 Å². The predicted molar refractivity (Wildman–Crippen MR) is 100.0 cm³/mol. The van der Waals surface area contributed by atoms with Crippen LogP contribution in [0.15, 0.2) is 24.7 Å². The van der Waals surface area contributed by atoms with Crippen molar-refractivity contribution in [2.75, 3.05) is 17.2 Å². The van der Waals surface area contributed by atoms with E-state index in [9.17, 15) is 23.5 Å². The summed E-state index contributed by atoms with van der Waals surface area (Å²) in [5.74, 6) is 0.611. The first-order chi connectivity index (χ1) is 13.6. The number of alkyl halides is 3. The Bertz CT molecular complexity index is 925. The van der Waals surface area contributed by atoms with Gasteiger partial charge in [-0.05, 0) is 24.5 Å². The fourth-order valence-electron chi connectivity index (χ4n) is 3.07. The molecule has 1 saturated carbocycles. The van der Waals surface area contributed by atoms with Crippen molar-refractivity contribution in [2.24, 2.45) is 5.41 Å². The van der Waals surface area contributed by atoms with Gasteiger partial charge >= 0.3 is 6.18 Å². The van der Waals surface area contributed by atoms with Crippen LogP contribution in [0, 0.1) is 16.7 Å². The second-order valence-corrected chi connectivity index (χ2v) is 7.59. The Balaban J connectivity index is 1.64. The summed E-state index contributed by atoms with van der Waals surface area (Å²) >= 11 is 0. The Labute approximate surface area is 166 Å². The van der Waals surface area contributed by atoms with Gasteiger partial charge in [-0.1, -0.05) is 13.8 Å². The summed E-state index contributed by atoms with van der Waals surface area (Å²) in [4.78, 5) is 12.0. The van der Waals surface area contributed by atoms with Gasteiger partial charge in [-0.25, -0.2) is 4.98 Å². The van der Waals surface area contributed by atoms with E-state index >= 15 is 0 Å². The van der Waals surface area contributed by atoms with Gasteiger partial charge in [0.25, 0.3) is 0 Å². The SMILES string of the molecule is CC1(C)[C@@H](O)C[C@H]1Nc1nc(NCCc2cncc(C(F)(F)F)c2)ncc1C#N. The average molecular weight is 406 g/mol. The van der Waals surface area contributed by atoms with Gasteiger partial charge in [0.15, 0.2) is 0 Å². The van der Waals surface area contributed by atoms with Gasteiger partial charge in [-0.15, -0.1) is 0 Å². The number of aliphatic hydroxyl groups excluding tert-OH is 1. The molecule has 1 fully saturated rings. The van der Waals surface area contributed by atoms with Crippen molar-refractivity contribution < 1.29 is 18.3 Å². The van der Waals surface area contributed by atoms with E-state index in [1.165, 1.54) is 12.4 Å². The minimum Gasteiger partial charge on any atom is -0.392 e. The number of anilines is 2. The number of halogens is 3. The van der Waals surface area contributed by atoms with Gasteiger partial charge in [-0.2, -0.15) is 23.4 Å². The number of aliphatic hydroxyl groups is 1. The lowest BCUT2D eigenvalue weighted by molar-refractivity contribution is -0.137. The molecule has 2 aromatic rings. The van der Waals surface area contributed by atoms with Crippen LogP contribution in [0.5, 0.6) is 0 Å². The molecule has 0 radical (unpaired) electrons. The number of nitriles is 1. The van der Waals surface area contributed by atoms with Crippen LogP contribution in [0.4, 0.5) is 24.9 Å². The summed E-state index contributed by atoms with van der Waals surface area (Å²) in [6.07, 6.45) is -0.462. The third kappa shape index (κ3) is 4.56. The molecular formula is C19H21F3N6O. The number of pyridine rings is 1. The van der Waals surface area contributed by atoms with Crippen LogP contribution >= 0.6 is 0 Å². The highest BCUT2D eigenvalue weighted by Crippen LogP contribution is 2.42. The fourth-order valence-corrected chi connectivity index (χ4v) is 3.07. The molecule has 0 spiro atoms. The van der Waals surface area contributed by atoms with Crippen LogP contribution in [0.25, 0.3) is 0 Å². The Morgan fingerprint density at radius 2 is 2.07 bits per heavy atom. The minimum absolute atomic E-state index is 0.0384. The molecule has 3 rings (SSSR count). The average Bonchev–Trinajstić information content (AvgIpc) is 2.67. The van der Waals surface area contributed by atoms with Crippen LogP contribution in [0.1, 0.15) is 37.0 Å². The van der Waals surface area contributed by atoms with Crippen molar-refractivity contribution in [2.45, 2.75) is 45.0 Å². The molecular weight excluding hydrogens is 385 g/mol. The zero-order valence-corrected chi connectivity index (χ0v) is 16.0. The molecule has 2 aromatic heterocycles. The summed E-state index contributed by atoms with van der Waals surface area (Å²) in [7, 11) is 0. The third-order valence-corrected chi connectivity index (χ3v) is 5.26. The van der Waals surface area contributed by atoms with Gasteiger partial charge in [-0.3, -0.25) is 4.98 Å². The molecule has 0 aromatic carbocycles. The molecule has 10 heteroatoms. The van der Waals surface area contributed by atoms with Crippen molar-refractivity contribution in [1.29, 1.82) is 5.26 Å². The van der Waals surface area contributed by atoms with Crippen LogP contribution in [-0.4, -0.2) is 38.7 Å². The normalized spacial score (nSPS) is 20.4. The summed E-state index contributed by atoms with van der Waals surface area (Å²) in [6.45, 7) is 4.14. The monoisotopic (exact) mass is 406 g/mol. The topological polar surface area (TPSA) is 107 Å². The minimum atomic E-state index is -4.43. The van der Waals surface area contributed by atoms with E-state index in [1.807, 2.05) is 19.9 Å². The maximum absolute atomic E-state index is 12.8. The second kappa shape index (κ2) is 7.83. The highest BCUT2D eigenvalue weighted by Gasteiger charge is 2.47. The summed E-state index contributed by atoms with van der Waals surface area (Å²) in [5.41, 5.74) is -0.428. The van der Waals surface area contributed by atoms with Crippen molar-refractivity contribution in [3.05, 3.63) is 41.3 Å². The molecule has 0 amide bonds. The Morgan fingerprint density at radius 1 is 1.31 bits per heavy atom. The summed E-state index contributed by atoms with van der Waals surface area (Å²) in [5, 5.41) is 25.3. The lowest BCUT2D eigenvalue weighted by Gasteiger charge is -2.49. The van der Waals surface area contributed by atoms with Gasteiger partial charge in [0.2, 0.25) is 5.95 Å². The quantitative estimate of drug-likeness (QED) is 0.677. The smallest absolute Gasteiger partial charge is 0.392 e. The molecule has 0 bridgehead atoms. The molecule has 0 saturated heterocycles. The molecule has 2 heterocycles. The summed E-state index contributed by atoms with van der Waals surface area (Å²) < 4.78 is 38.3. The highest BCUT2D eigenvalue weighted by molar-refractivity contribution is 5.54. The highest BCUT2D eigenvalue weighted by atomic mass is 19.4. The second-order valence-electron chi connectivity index (χ2n) is 7.59. The molecule has 3 N–H and O–H groups in total. The summed E-state index contributed by atoms with van der Waals surface area (Å²) in [6, 6.07) is 3.05. The zero-order valence-electron chi connectivity index (χ0n) is 16.0. The van der Waals surface area contributed by atoms with Crippen LogP contribution in [0.2, 0.25) is 0 Å².